The SMILES string of the molecule is CSCCC(=O)NCC1(O)CCC(C)(C)CC1. The first kappa shape index (κ1) is 14.8. The van der Waals surface area contributed by atoms with Gasteiger partial charge in [0.1, 0.15) is 0 Å². The highest BCUT2D eigenvalue weighted by atomic mass is 32.2. The number of nitrogens with one attached hydrogen (secondary N) is 1. The average molecular weight is 259 g/mol. The normalized spacial score (nSPS) is 22.1. The molecule has 0 spiro atoms. The summed E-state index contributed by atoms with van der Waals surface area (Å²) in [6.45, 7) is 4.89. The van der Waals surface area contributed by atoms with Gasteiger partial charge in [0.25, 0.3) is 0 Å². The van der Waals surface area contributed by atoms with Crippen molar-refractivity contribution >= 4 is 17.7 Å². The van der Waals surface area contributed by atoms with E-state index >= 15 is 0 Å². The molecule has 1 fully saturated rings. The molecule has 1 amide bonds. The molecule has 1 aliphatic carbocycles. The number of aliphatic hydroxyl groups is 1. The number of thioether (sulfide) groups is 1. The van der Waals surface area contributed by atoms with Gasteiger partial charge in [-0.1, -0.05) is 13.8 Å². The van der Waals surface area contributed by atoms with Gasteiger partial charge in [-0.15, -0.1) is 0 Å². The molecule has 0 aromatic heterocycles. The monoisotopic (exact) mass is 259 g/mol. The van der Waals surface area contributed by atoms with Crippen LogP contribution in [0.4, 0.5) is 0 Å². The lowest BCUT2D eigenvalue weighted by Crippen LogP contribution is -2.46. The van der Waals surface area contributed by atoms with Crippen LogP contribution < -0.4 is 5.32 Å². The van der Waals surface area contributed by atoms with Crippen LogP contribution in [0.15, 0.2) is 0 Å². The lowest BCUT2D eigenvalue weighted by Gasteiger charge is -2.40. The molecular formula is C13H25NO2S. The third kappa shape index (κ3) is 5.30. The van der Waals surface area contributed by atoms with Gasteiger partial charge in [-0.2, -0.15) is 11.8 Å². The highest BCUT2D eigenvalue weighted by Crippen LogP contribution is 2.39. The molecule has 0 atom stereocenters. The maximum Gasteiger partial charge on any atom is 0.220 e. The molecular weight excluding hydrogens is 234 g/mol. The minimum absolute atomic E-state index is 0.0533. The molecule has 1 rings (SSSR count). The standard InChI is InChI=1S/C13H25NO2S/c1-12(2)5-7-13(16,8-6-12)10-14-11(15)4-9-17-3/h16H,4-10H2,1-3H3,(H,14,15). The van der Waals surface area contributed by atoms with Crippen LogP contribution in [0, 0.1) is 5.41 Å². The van der Waals surface area contributed by atoms with Crippen molar-refractivity contribution in [2.75, 3.05) is 18.6 Å². The van der Waals surface area contributed by atoms with Crippen LogP contribution in [0.1, 0.15) is 46.0 Å². The number of hydrogen-bond donors (Lipinski definition) is 2. The Kier molecular flexibility index (Phi) is 5.32. The zero-order chi connectivity index (χ0) is 12.9. The van der Waals surface area contributed by atoms with Crippen LogP contribution >= 0.6 is 11.8 Å². The fourth-order valence-corrected chi connectivity index (χ4v) is 2.50. The summed E-state index contributed by atoms with van der Waals surface area (Å²) in [5, 5.41) is 13.2. The molecule has 17 heavy (non-hydrogen) atoms. The van der Waals surface area contributed by atoms with E-state index in [9.17, 15) is 9.90 Å². The molecule has 100 valence electrons. The van der Waals surface area contributed by atoms with Crippen molar-refractivity contribution in [3.8, 4) is 0 Å². The third-order valence-electron chi connectivity index (χ3n) is 3.68. The average Bonchev–Trinajstić information content (AvgIpc) is 2.29. The number of carbonyl (C=O) groups excluding carboxylic acids is 1. The molecule has 3 nitrogen and oxygen atoms in total. The Balaban J connectivity index is 2.29. The lowest BCUT2D eigenvalue weighted by molar-refractivity contribution is -0.122. The number of carbonyl (C=O) groups is 1. The second-order valence-electron chi connectivity index (χ2n) is 5.91. The molecule has 0 saturated heterocycles. The zero-order valence-corrected chi connectivity index (χ0v) is 12.0. The van der Waals surface area contributed by atoms with Crippen molar-refractivity contribution in [2.24, 2.45) is 5.41 Å². The van der Waals surface area contributed by atoms with Gasteiger partial charge in [0.2, 0.25) is 5.91 Å². The Labute approximate surface area is 109 Å². The van der Waals surface area contributed by atoms with E-state index in [0.29, 0.717) is 18.4 Å². The zero-order valence-electron chi connectivity index (χ0n) is 11.2. The Morgan fingerprint density at radius 3 is 2.41 bits per heavy atom. The summed E-state index contributed by atoms with van der Waals surface area (Å²) in [5.74, 6) is 0.898. The molecule has 0 aromatic carbocycles. The summed E-state index contributed by atoms with van der Waals surface area (Å²) in [5.41, 5.74) is -0.334. The second-order valence-corrected chi connectivity index (χ2v) is 6.89. The van der Waals surface area contributed by atoms with Gasteiger partial charge in [-0.05, 0) is 37.4 Å². The molecule has 0 aliphatic heterocycles. The quantitative estimate of drug-likeness (QED) is 0.795. The van der Waals surface area contributed by atoms with E-state index < -0.39 is 5.60 Å². The highest BCUT2D eigenvalue weighted by molar-refractivity contribution is 7.98. The topological polar surface area (TPSA) is 49.3 Å². The molecule has 1 aliphatic rings. The first-order valence-electron chi connectivity index (χ1n) is 6.35. The van der Waals surface area contributed by atoms with Gasteiger partial charge in [0, 0.05) is 18.7 Å². The van der Waals surface area contributed by atoms with Crippen LogP contribution in [-0.2, 0) is 4.79 Å². The Morgan fingerprint density at radius 2 is 1.88 bits per heavy atom. The van der Waals surface area contributed by atoms with E-state index in [4.69, 9.17) is 0 Å². The molecule has 0 bridgehead atoms. The van der Waals surface area contributed by atoms with Crippen molar-refractivity contribution < 1.29 is 9.90 Å². The van der Waals surface area contributed by atoms with E-state index in [1.165, 1.54) is 0 Å². The molecule has 0 aromatic rings. The molecule has 0 heterocycles. The van der Waals surface area contributed by atoms with Gasteiger partial charge >= 0.3 is 0 Å². The van der Waals surface area contributed by atoms with Gasteiger partial charge in [-0.25, -0.2) is 0 Å². The minimum Gasteiger partial charge on any atom is -0.388 e. The molecule has 1 saturated carbocycles. The number of amides is 1. The third-order valence-corrected chi connectivity index (χ3v) is 4.29. The maximum absolute atomic E-state index is 11.5. The Hall–Kier alpha value is -0.220. The van der Waals surface area contributed by atoms with Crippen LogP contribution in [0.3, 0.4) is 0 Å². The van der Waals surface area contributed by atoms with Crippen molar-refractivity contribution in [1.82, 2.24) is 5.32 Å². The van der Waals surface area contributed by atoms with Gasteiger partial charge in [-0.3, -0.25) is 4.79 Å². The van der Waals surface area contributed by atoms with Crippen LogP contribution in [0.25, 0.3) is 0 Å². The minimum atomic E-state index is -0.676. The lowest BCUT2D eigenvalue weighted by atomic mass is 9.71. The summed E-state index contributed by atoms with van der Waals surface area (Å²) >= 11 is 1.67. The van der Waals surface area contributed by atoms with Crippen LogP contribution in [-0.4, -0.2) is 35.2 Å². The predicted octanol–water partition coefficient (Wildman–Crippen LogP) is 2.19. The van der Waals surface area contributed by atoms with Gasteiger partial charge in [0.05, 0.1) is 5.60 Å². The van der Waals surface area contributed by atoms with E-state index in [0.717, 1.165) is 31.4 Å². The molecule has 4 heteroatoms. The Bertz CT molecular complexity index is 256. The van der Waals surface area contributed by atoms with Gasteiger partial charge in [0.15, 0.2) is 0 Å². The van der Waals surface area contributed by atoms with E-state index in [1.807, 2.05) is 6.26 Å². The maximum atomic E-state index is 11.5. The summed E-state index contributed by atoms with van der Waals surface area (Å²) in [6.07, 6.45) is 6.19. The first-order chi connectivity index (χ1) is 7.87. The fourth-order valence-electron chi connectivity index (χ4n) is 2.12. The predicted molar refractivity (Wildman–Crippen MR) is 73.2 cm³/mol. The first-order valence-corrected chi connectivity index (χ1v) is 7.74. The van der Waals surface area contributed by atoms with Crippen LogP contribution in [0.5, 0.6) is 0 Å². The van der Waals surface area contributed by atoms with E-state index in [-0.39, 0.29) is 5.91 Å². The van der Waals surface area contributed by atoms with Crippen molar-refractivity contribution in [3.05, 3.63) is 0 Å². The van der Waals surface area contributed by atoms with Crippen molar-refractivity contribution in [1.29, 1.82) is 0 Å². The molecule has 0 unspecified atom stereocenters. The van der Waals surface area contributed by atoms with Crippen molar-refractivity contribution in [3.63, 3.8) is 0 Å². The van der Waals surface area contributed by atoms with E-state index in [1.54, 1.807) is 11.8 Å². The molecule has 0 radical (unpaired) electrons. The molecule has 2 N–H and O–H groups in total. The smallest absolute Gasteiger partial charge is 0.220 e. The second kappa shape index (κ2) is 6.10. The number of hydrogen-bond acceptors (Lipinski definition) is 3. The highest BCUT2D eigenvalue weighted by Gasteiger charge is 2.36. The largest absolute Gasteiger partial charge is 0.388 e. The summed E-state index contributed by atoms with van der Waals surface area (Å²) in [6, 6.07) is 0. The fraction of sp³-hybridized carbons (Fsp3) is 0.923. The van der Waals surface area contributed by atoms with E-state index in [2.05, 4.69) is 19.2 Å². The number of rotatable bonds is 5. The summed E-state index contributed by atoms with van der Waals surface area (Å²) in [4.78, 5) is 11.5. The van der Waals surface area contributed by atoms with Crippen LogP contribution in [0.2, 0.25) is 0 Å². The van der Waals surface area contributed by atoms with Crippen molar-refractivity contribution in [2.45, 2.75) is 51.6 Å². The summed E-state index contributed by atoms with van der Waals surface area (Å²) in [7, 11) is 0. The summed E-state index contributed by atoms with van der Waals surface area (Å²) < 4.78 is 0. The van der Waals surface area contributed by atoms with Gasteiger partial charge < -0.3 is 10.4 Å². The Morgan fingerprint density at radius 1 is 1.29 bits per heavy atom.